The van der Waals surface area contributed by atoms with E-state index >= 15 is 0 Å². The summed E-state index contributed by atoms with van der Waals surface area (Å²) in [6, 6.07) is 7.07. The minimum atomic E-state index is -0.522. The second-order valence-electron chi connectivity index (χ2n) is 4.48. The van der Waals surface area contributed by atoms with E-state index in [1.807, 2.05) is 0 Å². The highest BCUT2D eigenvalue weighted by Crippen LogP contribution is 2.17. The van der Waals surface area contributed by atoms with Gasteiger partial charge >= 0.3 is 0 Å². The van der Waals surface area contributed by atoms with E-state index in [0.29, 0.717) is 12.6 Å². The van der Waals surface area contributed by atoms with Gasteiger partial charge in [0.1, 0.15) is 5.75 Å². The van der Waals surface area contributed by atoms with E-state index in [4.69, 9.17) is 5.11 Å². The number of benzene rings is 1. The molecule has 0 heterocycles. The quantitative estimate of drug-likeness (QED) is 0.698. The summed E-state index contributed by atoms with van der Waals surface area (Å²) >= 11 is 0. The van der Waals surface area contributed by atoms with Crippen molar-refractivity contribution in [1.82, 2.24) is 5.32 Å². The van der Waals surface area contributed by atoms with Gasteiger partial charge in [0.2, 0.25) is 0 Å². The lowest BCUT2D eigenvalue weighted by atomic mass is 10.0. The molecule has 3 N–H and O–H groups in total. The summed E-state index contributed by atoms with van der Waals surface area (Å²) in [5.74, 6) is 0.226. The number of allylic oxidation sites excluding steroid dienone is 1. The third-order valence-corrected chi connectivity index (χ3v) is 3.11. The van der Waals surface area contributed by atoms with Crippen LogP contribution in [0.4, 0.5) is 0 Å². The van der Waals surface area contributed by atoms with Crippen molar-refractivity contribution in [3.05, 3.63) is 42.0 Å². The molecule has 0 amide bonds. The van der Waals surface area contributed by atoms with Crippen molar-refractivity contribution in [2.24, 2.45) is 0 Å². The fraction of sp³-hybridized carbons (Fsp3) is 0.429. The molecule has 0 radical (unpaired) electrons. The SMILES string of the molecule is Oc1ccc(C(O)CNC2C=CCCC2)cc1. The van der Waals surface area contributed by atoms with Gasteiger partial charge in [-0.05, 0) is 37.0 Å². The van der Waals surface area contributed by atoms with E-state index < -0.39 is 6.10 Å². The lowest BCUT2D eigenvalue weighted by Gasteiger charge is -2.20. The first-order chi connectivity index (χ1) is 8.25. The predicted octanol–water partition coefficient (Wildman–Crippen LogP) is 2.12. The second kappa shape index (κ2) is 5.84. The van der Waals surface area contributed by atoms with Crippen LogP contribution in [0.25, 0.3) is 0 Å². The number of aliphatic hydroxyl groups is 1. The van der Waals surface area contributed by atoms with Crippen LogP contribution in [0.15, 0.2) is 36.4 Å². The van der Waals surface area contributed by atoms with Crippen LogP contribution in [-0.2, 0) is 0 Å². The number of phenolic OH excluding ortho intramolecular Hbond substituents is 1. The maximum Gasteiger partial charge on any atom is 0.115 e. The molecule has 2 atom stereocenters. The van der Waals surface area contributed by atoms with E-state index in [-0.39, 0.29) is 5.75 Å². The second-order valence-corrected chi connectivity index (χ2v) is 4.48. The Bertz CT molecular complexity index is 372. The lowest BCUT2D eigenvalue weighted by Crippen LogP contribution is -2.32. The van der Waals surface area contributed by atoms with Crippen LogP contribution in [0.5, 0.6) is 5.75 Å². The third-order valence-electron chi connectivity index (χ3n) is 3.11. The molecule has 2 rings (SSSR count). The zero-order valence-electron chi connectivity index (χ0n) is 9.84. The molecule has 0 bridgehead atoms. The largest absolute Gasteiger partial charge is 0.508 e. The summed E-state index contributed by atoms with van der Waals surface area (Å²) in [5, 5.41) is 22.5. The van der Waals surface area contributed by atoms with Gasteiger partial charge in [-0.2, -0.15) is 0 Å². The van der Waals surface area contributed by atoms with Crippen LogP contribution < -0.4 is 5.32 Å². The number of rotatable bonds is 4. The number of hydrogen-bond donors (Lipinski definition) is 3. The number of aliphatic hydroxyl groups excluding tert-OH is 1. The van der Waals surface area contributed by atoms with Gasteiger partial charge in [-0.25, -0.2) is 0 Å². The molecule has 0 saturated carbocycles. The fourth-order valence-corrected chi connectivity index (χ4v) is 2.06. The molecule has 1 aliphatic rings. The maximum atomic E-state index is 9.97. The Morgan fingerprint density at radius 3 is 2.71 bits per heavy atom. The minimum absolute atomic E-state index is 0.226. The number of hydrogen-bond acceptors (Lipinski definition) is 3. The Kier molecular flexibility index (Phi) is 4.18. The molecule has 1 aromatic carbocycles. The zero-order chi connectivity index (χ0) is 12.1. The molecule has 1 aliphatic carbocycles. The number of nitrogens with one attached hydrogen (secondary N) is 1. The standard InChI is InChI=1S/C14H19NO2/c16-13-8-6-11(7-9-13)14(17)10-15-12-4-2-1-3-5-12/h2,4,6-9,12,14-17H,1,3,5,10H2. The van der Waals surface area contributed by atoms with Crippen LogP contribution in [0.3, 0.4) is 0 Å². The zero-order valence-corrected chi connectivity index (χ0v) is 9.84. The van der Waals surface area contributed by atoms with Gasteiger partial charge in [0.25, 0.3) is 0 Å². The Balaban J connectivity index is 1.84. The summed E-state index contributed by atoms with van der Waals surface area (Å²) in [5.41, 5.74) is 0.829. The van der Waals surface area contributed by atoms with E-state index in [9.17, 15) is 5.11 Å². The molecule has 17 heavy (non-hydrogen) atoms. The molecule has 2 unspecified atom stereocenters. The van der Waals surface area contributed by atoms with Crippen molar-refractivity contribution in [3.63, 3.8) is 0 Å². The van der Waals surface area contributed by atoms with Crippen molar-refractivity contribution in [2.45, 2.75) is 31.4 Å². The van der Waals surface area contributed by atoms with Crippen LogP contribution >= 0.6 is 0 Å². The molecule has 0 fully saturated rings. The molecule has 0 saturated heterocycles. The molecule has 0 aromatic heterocycles. The van der Waals surface area contributed by atoms with Crippen molar-refractivity contribution in [1.29, 1.82) is 0 Å². The highest BCUT2D eigenvalue weighted by atomic mass is 16.3. The highest BCUT2D eigenvalue weighted by molar-refractivity contribution is 5.27. The highest BCUT2D eigenvalue weighted by Gasteiger charge is 2.11. The number of phenols is 1. The first kappa shape index (κ1) is 12.1. The Labute approximate surface area is 102 Å². The summed E-state index contributed by atoms with van der Waals surface area (Å²) < 4.78 is 0. The molecule has 0 spiro atoms. The molecule has 92 valence electrons. The van der Waals surface area contributed by atoms with Crippen molar-refractivity contribution in [2.75, 3.05) is 6.54 Å². The minimum Gasteiger partial charge on any atom is -0.508 e. The van der Waals surface area contributed by atoms with Gasteiger partial charge in [0.05, 0.1) is 6.10 Å². The average Bonchev–Trinajstić information content (AvgIpc) is 2.38. The van der Waals surface area contributed by atoms with Crippen LogP contribution in [0.1, 0.15) is 30.9 Å². The molecular weight excluding hydrogens is 214 g/mol. The Morgan fingerprint density at radius 1 is 1.29 bits per heavy atom. The Morgan fingerprint density at radius 2 is 2.06 bits per heavy atom. The van der Waals surface area contributed by atoms with E-state index in [0.717, 1.165) is 12.0 Å². The van der Waals surface area contributed by atoms with Crippen molar-refractivity contribution < 1.29 is 10.2 Å². The fourth-order valence-electron chi connectivity index (χ4n) is 2.06. The lowest BCUT2D eigenvalue weighted by molar-refractivity contribution is 0.171. The maximum absolute atomic E-state index is 9.97. The molecule has 0 aliphatic heterocycles. The summed E-state index contributed by atoms with van der Waals surface area (Å²) in [7, 11) is 0. The molecule has 3 heteroatoms. The average molecular weight is 233 g/mol. The summed E-state index contributed by atoms with van der Waals surface area (Å²) in [6.45, 7) is 0.541. The van der Waals surface area contributed by atoms with Crippen LogP contribution in [0.2, 0.25) is 0 Å². The normalized spacial score (nSPS) is 21.4. The molecular formula is C14H19NO2. The monoisotopic (exact) mass is 233 g/mol. The summed E-state index contributed by atoms with van der Waals surface area (Å²) in [6.07, 6.45) is 7.35. The third kappa shape index (κ3) is 3.58. The topological polar surface area (TPSA) is 52.5 Å². The first-order valence-electron chi connectivity index (χ1n) is 6.13. The van der Waals surface area contributed by atoms with E-state index in [1.165, 1.54) is 12.8 Å². The first-order valence-corrected chi connectivity index (χ1v) is 6.13. The summed E-state index contributed by atoms with van der Waals surface area (Å²) in [4.78, 5) is 0. The van der Waals surface area contributed by atoms with Gasteiger partial charge in [0, 0.05) is 12.6 Å². The van der Waals surface area contributed by atoms with E-state index in [2.05, 4.69) is 17.5 Å². The van der Waals surface area contributed by atoms with Crippen LogP contribution in [0, 0.1) is 0 Å². The molecule has 3 nitrogen and oxygen atoms in total. The van der Waals surface area contributed by atoms with Gasteiger partial charge in [-0.3, -0.25) is 0 Å². The Hall–Kier alpha value is -1.32. The predicted molar refractivity (Wildman–Crippen MR) is 67.8 cm³/mol. The van der Waals surface area contributed by atoms with E-state index in [1.54, 1.807) is 24.3 Å². The van der Waals surface area contributed by atoms with Crippen molar-refractivity contribution in [3.8, 4) is 5.75 Å². The van der Waals surface area contributed by atoms with Crippen molar-refractivity contribution >= 4 is 0 Å². The van der Waals surface area contributed by atoms with Crippen LogP contribution in [-0.4, -0.2) is 22.8 Å². The molecule has 1 aromatic rings. The smallest absolute Gasteiger partial charge is 0.115 e. The van der Waals surface area contributed by atoms with Gasteiger partial charge in [-0.1, -0.05) is 24.3 Å². The van der Waals surface area contributed by atoms with Gasteiger partial charge < -0.3 is 15.5 Å². The number of aromatic hydroxyl groups is 1. The van der Waals surface area contributed by atoms with Gasteiger partial charge in [-0.15, -0.1) is 0 Å². The van der Waals surface area contributed by atoms with Gasteiger partial charge in [0.15, 0.2) is 0 Å².